The molecular formula is C49H60N8O6. The van der Waals surface area contributed by atoms with Crippen LogP contribution >= 0.6 is 0 Å². The molecule has 14 heteroatoms. The van der Waals surface area contributed by atoms with Crippen molar-refractivity contribution in [2.45, 2.75) is 116 Å². The van der Waals surface area contributed by atoms with E-state index in [-0.39, 0.29) is 41.1 Å². The maximum atomic E-state index is 13.7. The number of carbonyl (C=O) groups excluding carboxylic acids is 4. The molecule has 14 nitrogen and oxygen atoms in total. The summed E-state index contributed by atoms with van der Waals surface area (Å²) in [5.41, 5.74) is 9.04. The highest BCUT2D eigenvalue weighted by molar-refractivity contribution is 5.87. The number of aromatic nitrogens is 4. The second-order valence-electron chi connectivity index (χ2n) is 18.5. The second-order valence-corrected chi connectivity index (χ2v) is 18.5. The van der Waals surface area contributed by atoms with E-state index in [1.165, 1.54) is 56.6 Å². The molecule has 2 aliphatic heterocycles. The van der Waals surface area contributed by atoms with Gasteiger partial charge in [0.1, 0.15) is 29.4 Å². The molecule has 2 aliphatic carbocycles. The van der Waals surface area contributed by atoms with E-state index < -0.39 is 24.3 Å². The lowest BCUT2D eigenvalue weighted by Gasteiger charge is -2.30. The fourth-order valence-electron chi connectivity index (χ4n) is 10.3. The number of likely N-dealkylation sites (tertiary alicyclic amines) is 2. The van der Waals surface area contributed by atoms with Crippen molar-refractivity contribution < 1.29 is 28.7 Å². The Bertz CT molecular complexity index is 2400. The smallest absolute Gasteiger partial charge is 0.407 e. The summed E-state index contributed by atoms with van der Waals surface area (Å²) in [7, 11) is 2.60. The Balaban J connectivity index is 1.00. The van der Waals surface area contributed by atoms with Crippen LogP contribution in [0.4, 0.5) is 9.59 Å². The van der Waals surface area contributed by atoms with Crippen LogP contribution in [-0.4, -0.2) is 93.1 Å². The van der Waals surface area contributed by atoms with Gasteiger partial charge in [-0.1, -0.05) is 76.8 Å². The van der Waals surface area contributed by atoms with Crippen molar-refractivity contribution >= 4 is 24.0 Å². The maximum Gasteiger partial charge on any atom is 0.407 e. The Kier molecular flexibility index (Phi) is 12.7. The largest absolute Gasteiger partial charge is 0.453 e. The van der Waals surface area contributed by atoms with Crippen molar-refractivity contribution in [2.24, 2.45) is 17.3 Å². The summed E-state index contributed by atoms with van der Waals surface area (Å²) < 4.78 is 9.58. The number of rotatable bonds is 10. The first-order valence-electron chi connectivity index (χ1n) is 22.6. The van der Waals surface area contributed by atoms with Crippen LogP contribution in [0.15, 0.2) is 48.8 Å². The molecule has 4 amide bonds. The summed E-state index contributed by atoms with van der Waals surface area (Å²) in [5.74, 6) is 7.83. The molecule has 4 atom stereocenters. The molecule has 0 radical (unpaired) electrons. The fraction of sp³-hybridized carbons (Fsp3) is 0.510. The molecule has 2 aromatic carbocycles. The molecule has 1 spiro atoms. The van der Waals surface area contributed by atoms with E-state index >= 15 is 0 Å². The Morgan fingerprint density at radius 3 is 1.81 bits per heavy atom. The molecule has 1 saturated carbocycles. The molecule has 332 valence electrons. The molecule has 0 bridgehead atoms. The third-order valence-corrected chi connectivity index (χ3v) is 13.7. The van der Waals surface area contributed by atoms with E-state index in [1.54, 1.807) is 6.20 Å². The lowest BCUT2D eigenvalue weighted by molar-refractivity contribution is -0.136. The number of hydrogen-bond donors (Lipinski definition) is 4. The van der Waals surface area contributed by atoms with Crippen LogP contribution in [0.25, 0.3) is 22.4 Å². The predicted octanol–water partition coefficient (Wildman–Crippen LogP) is 7.61. The average Bonchev–Trinajstić information content (AvgIpc) is 4.14. The third kappa shape index (κ3) is 8.92. The molecule has 63 heavy (non-hydrogen) atoms. The molecule has 2 saturated heterocycles. The van der Waals surface area contributed by atoms with Crippen LogP contribution in [-0.2, 0) is 31.9 Å². The number of imidazole rings is 2. The van der Waals surface area contributed by atoms with E-state index in [9.17, 15) is 19.2 Å². The highest BCUT2D eigenvalue weighted by Crippen LogP contribution is 2.51. The summed E-state index contributed by atoms with van der Waals surface area (Å²) in [6.07, 6.45) is 12.7. The lowest BCUT2D eigenvalue weighted by atomic mass is 9.83. The maximum absolute atomic E-state index is 13.7. The minimum atomic E-state index is -0.695. The number of alkyl carbamates (subject to hydrolysis) is 2. The highest BCUT2D eigenvalue weighted by atomic mass is 16.5. The predicted molar refractivity (Wildman–Crippen MR) is 238 cm³/mol. The summed E-state index contributed by atoms with van der Waals surface area (Å²) in [6, 6.07) is 11.2. The fourth-order valence-corrected chi connectivity index (χ4v) is 10.3. The SMILES string of the molecule is COC(=O)NC(C(=O)N1CCCC1c1ncc(C#Cc2ccc(-c3ccc(-c4cnc(C5CCCN5C(=O)[C@@H](NC(=O)OC)C(C)C)[nH]4)cc3)c3c2CC2(CCCC2)C3)[nH]1)C(C)C. The van der Waals surface area contributed by atoms with Crippen molar-refractivity contribution in [1.82, 2.24) is 40.4 Å². The standard InChI is InChI=1S/C49H60N8O6/c1-29(2)41(54-47(60)62-5)45(58)56-23-9-11-39(56)43-50-27-34(52-43)19-17-32-18-20-35(37-26-49(25-36(32)37)21-7-8-22-49)31-13-15-33(16-14-31)38-28-51-44(53-38)40-12-10-24-57(40)46(59)42(30(3)4)55-48(61)63-6/h13-16,18,20,27-30,39-42H,7-12,21-26H2,1-6H3,(H,50,52)(H,51,53)(H,54,60)(H,55,61)/t39?,40?,41?,42-/m0/s1. The molecule has 2 aromatic heterocycles. The number of H-pyrrole nitrogens is 2. The highest BCUT2D eigenvalue weighted by Gasteiger charge is 2.42. The molecule has 8 rings (SSSR count). The van der Waals surface area contributed by atoms with Crippen molar-refractivity contribution in [1.29, 1.82) is 0 Å². The number of benzene rings is 2. The monoisotopic (exact) mass is 856 g/mol. The van der Waals surface area contributed by atoms with Crippen LogP contribution in [0.2, 0.25) is 0 Å². The van der Waals surface area contributed by atoms with Gasteiger partial charge in [0.05, 0.1) is 44.4 Å². The summed E-state index contributed by atoms with van der Waals surface area (Å²) >= 11 is 0. The number of nitrogens with one attached hydrogen (secondary N) is 4. The van der Waals surface area contributed by atoms with Gasteiger partial charge in [0, 0.05) is 18.7 Å². The minimum absolute atomic E-state index is 0.105. The van der Waals surface area contributed by atoms with Gasteiger partial charge >= 0.3 is 12.2 Å². The van der Waals surface area contributed by atoms with E-state index in [0.29, 0.717) is 24.6 Å². The zero-order valence-corrected chi connectivity index (χ0v) is 37.3. The molecule has 4 N–H and O–H groups in total. The van der Waals surface area contributed by atoms with Gasteiger partial charge in [-0.2, -0.15) is 0 Å². The lowest BCUT2D eigenvalue weighted by Crippen LogP contribution is -2.51. The second kappa shape index (κ2) is 18.3. The minimum Gasteiger partial charge on any atom is -0.453 e. The van der Waals surface area contributed by atoms with Crippen molar-refractivity contribution in [2.75, 3.05) is 27.3 Å². The van der Waals surface area contributed by atoms with E-state index in [0.717, 1.165) is 66.7 Å². The third-order valence-electron chi connectivity index (χ3n) is 13.7. The van der Waals surface area contributed by atoms with E-state index in [2.05, 4.69) is 73.8 Å². The zero-order valence-electron chi connectivity index (χ0n) is 37.3. The van der Waals surface area contributed by atoms with E-state index in [4.69, 9.17) is 14.5 Å². The molecule has 3 unspecified atom stereocenters. The van der Waals surface area contributed by atoms with Crippen LogP contribution in [0.3, 0.4) is 0 Å². The Morgan fingerprint density at radius 2 is 1.24 bits per heavy atom. The van der Waals surface area contributed by atoms with Gasteiger partial charge in [0.2, 0.25) is 11.8 Å². The first kappa shape index (κ1) is 43.5. The number of hydrogen-bond acceptors (Lipinski definition) is 8. The Hall–Kier alpha value is -6.10. The van der Waals surface area contributed by atoms with Crippen LogP contribution < -0.4 is 10.6 Å². The number of aromatic amines is 2. The van der Waals surface area contributed by atoms with Crippen LogP contribution in [0.5, 0.6) is 0 Å². The van der Waals surface area contributed by atoms with Crippen LogP contribution in [0.1, 0.15) is 125 Å². The van der Waals surface area contributed by atoms with Gasteiger partial charge in [0.15, 0.2) is 0 Å². The van der Waals surface area contributed by atoms with Gasteiger partial charge < -0.3 is 39.9 Å². The Morgan fingerprint density at radius 1 is 0.698 bits per heavy atom. The van der Waals surface area contributed by atoms with Crippen molar-refractivity contribution in [3.05, 3.63) is 82.8 Å². The zero-order chi connectivity index (χ0) is 44.4. The van der Waals surface area contributed by atoms with Gasteiger partial charge in [-0.05, 0) is 108 Å². The summed E-state index contributed by atoms with van der Waals surface area (Å²) in [4.78, 5) is 71.4. The molecule has 4 aromatic rings. The average molecular weight is 857 g/mol. The number of amides is 4. The van der Waals surface area contributed by atoms with Gasteiger partial charge in [0.25, 0.3) is 0 Å². The number of fused-ring (bicyclic) bond motifs is 1. The number of carbonyl (C=O) groups is 4. The van der Waals surface area contributed by atoms with Crippen molar-refractivity contribution in [3.8, 4) is 34.2 Å². The quantitative estimate of drug-likeness (QED) is 0.118. The number of methoxy groups -OCH3 is 2. The normalized spacial score (nSPS) is 19.8. The molecule has 4 aliphatic rings. The number of ether oxygens (including phenoxy) is 2. The number of nitrogens with zero attached hydrogens (tertiary/aromatic N) is 4. The molecule has 4 heterocycles. The summed E-state index contributed by atoms with van der Waals surface area (Å²) in [6.45, 7) is 8.83. The first-order chi connectivity index (χ1) is 30.4. The van der Waals surface area contributed by atoms with Gasteiger partial charge in [-0.25, -0.2) is 19.6 Å². The molecular weight excluding hydrogens is 797 g/mol. The molecule has 3 fully saturated rings. The van der Waals surface area contributed by atoms with Gasteiger partial charge in [-0.3, -0.25) is 9.59 Å². The summed E-state index contributed by atoms with van der Waals surface area (Å²) in [5, 5.41) is 5.43. The topological polar surface area (TPSA) is 175 Å². The Labute approximate surface area is 369 Å². The van der Waals surface area contributed by atoms with Crippen LogP contribution in [0, 0.1) is 29.1 Å². The van der Waals surface area contributed by atoms with Gasteiger partial charge in [-0.15, -0.1) is 0 Å². The van der Waals surface area contributed by atoms with E-state index in [1.807, 2.05) is 43.7 Å². The first-order valence-corrected chi connectivity index (χ1v) is 22.6. The van der Waals surface area contributed by atoms with Crippen molar-refractivity contribution in [3.63, 3.8) is 0 Å².